The highest BCUT2D eigenvalue weighted by molar-refractivity contribution is 9.10. The predicted octanol–water partition coefficient (Wildman–Crippen LogP) is 6.28. The van der Waals surface area contributed by atoms with Crippen LogP contribution in [0.2, 0.25) is 0 Å². The number of aliphatic hydroxyl groups is 1. The van der Waals surface area contributed by atoms with E-state index in [9.17, 15) is 36.2 Å². The van der Waals surface area contributed by atoms with Crippen LogP contribution < -0.4 is 5.32 Å². The monoisotopic (exact) mass is 621 g/mol. The molecule has 212 valence electrons. The molecule has 2 saturated heterocycles. The van der Waals surface area contributed by atoms with Gasteiger partial charge < -0.3 is 24.6 Å². The highest BCUT2D eigenvalue weighted by Crippen LogP contribution is 2.44. The van der Waals surface area contributed by atoms with Crippen molar-refractivity contribution in [2.24, 2.45) is 11.8 Å². The first kappa shape index (κ1) is 29.1. The summed E-state index contributed by atoms with van der Waals surface area (Å²) in [6.45, 7) is 6.56. The quantitative estimate of drug-likeness (QED) is 0.372. The van der Waals surface area contributed by atoms with Gasteiger partial charge in [-0.2, -0.15) is 26.3 Å². The lowest BCUT2D eigenvalue weighted by Gasteiger charge is -2.41. The number of carbonyl (C=O) groups excluding carboxylic acids is 1. The Balaban J connectivity index is 1.59. The molecule has 4 rings (SSSR count). The molecule has 2 aliphatic heterocycles. The average molecular weight is 622 g/mol. The van der Waals surface area contributed by atoms with E-state index in [1.807, 2.05) is 0 Å². The molecular formula is C26H26BrF6N3O3. The standard InChI is InChI=1S/C26H26BrF6N3O3/c1-14(22-10-19(37)13-36(22)24(38)23-4-3-7-39-23)34-21-6-5-18(27)9-20(21)15(2)35-11-16(25(28,29)30)8-17(12-35)26(31,32)33/h3-7,9,16-17,19,22,34,37H,1-2,8,10-13H2/t16-,17+,19?,22?. The number of β-amino-alcohol motifs (C(OH)–C–C–N with tert-alkyl or cyclic N) is 1. The topological polar surface area (TPSA) is 69.0 Å². The molecular weight excluding hydrogens is 596 g/mol. The van der Waals surface area contributed by atoms with E-state index in [-0.39, 0.29) is 30.0 Å². The molecule has 4 atom stereocenters. The molecule has 3 heterocycles. The maximum atomic E-state index is 13.6. The summed E-state index contributed by atoms with van der Waals surface area (Å²) in [6.07, 6.45) is -9.98. The Bertz CT molecular complexity index is 1210. The molecule has 13 heteroatoms. The molecule has 0 bridgehead atoms. The summed E-state index contributed by atoms with van der Waals surface area (Å²) >= 11 is 3.30. The summed E-state index contributed by atoms with van der Waals surface area (Å²) in [5.41, 5.74) is 0.849. The van der Waals surface area contributed by atoms with E-state index in [2.05, 4.69) is 34.4 Å². The highest BCUT2D eigenvalue weighted by Gasteiger charge is 2.52. The zero-order chi connectivity index (χ0) is 28.7. The molecule has 39 heavy (non-hydrogen) atoms. The van der Waals surface area contributed by atoms with Gasteiger partial charge in [-0.05, 0) is 36.8 Å². The first-order valence-corrected chi connectivity index (χ1v) is 12.8. The SMILES string of the molecule is C=C(Nc1ccc(Br)cc1C(=C)N1C[C@H](C(F)(F)F)C[C@H](C(F)(F)F)C1)C1CC(O)CN1C(=O)c1ccco1. The molecule has 1 amide bonds. The Morgan fingerprint density at radius 2 is 1.67 bits per heavy atom. The summed E-state index contributed by atoms with van der Waals surface area (Å²) in [5.74, 6) is -4.73. The molecule has 1 aromatic carbocycles. The van der Waals surface area contributed by atoms with E-state index in [0.717, 1.165) is 4.90 Å². The van der Waals surface area contributed by atoms with Gasteiger partial charge in [0.1, 0.15) is 0 Å². The van der Waals surface area contributed by atoms with Crippen LogP contribution >= 0.6 is 15.9 Å². The number of amides is 1. The minimum absolute atomic E-state index is 0.0234. The van der Waals surface area contributed by atoms with Crippen molar-refractivity contribution in [3.63, 3.8) is 0 Å². The first-order valence-electron chi connectivity index (χ1n) is 12.0. The number of nitrogens with zero attached hydrogens (tertiary/aromatic N) is 2. The van der Waals surface area contributed by atoms with Crippen LogP contribution in [-0.4, -0.2) is 64.9 Å². The smallest absolute Gasteiger partial charge is 0.393 e. The zero-order valence-electron chi connectivity index (χ0n) is 20.5. The van der Waals surface area contributed by atoms with Gasteiger partial charge in [0.05, 0.1) is 30.2 Å². The lowest BCUT2D eigenvalue weighted by Crippen LogP contribution is -2.48. The van der Waals surface area contributed by atoms with Gasteiger partial charge in [-0.1, -0.05) is 29.1 Å². The molecule has 2 aliphatic rings. The largest absolute Gasteiger partial charge is 0.459 e. The summed E-state index contributed by atoms with van der Waals surface area (Å²) in [6, 6.07) is 7.11. The Morgan fingerprint density at radius 1 is 1.03 bits per heavy atom. The van der Waals surface area contributed by atoms with E-state index in [0.29, 0.717) is 15.9 Å². The second-order valence-electron chi connectivity index (χ2n) is 9.74. The van der Waals surface area contributed by atoms with Gasteiger partial charge in [0.2, 0.25) is 0 Å². The van der Waals surface area contributed by atoms with Crippen LogP contribution in [0.15, 0.2) is 64.3 Å². The average Bonchev–Trinajstić information content (AvgIpc) is 3.53. The van der Waals surface area contributed by atoms with Crippen LogP contribution in [0.1, 0.15) is 29.0 Å². The number of hydrogen-bond acceptors (Lipinski definition) is 5. The van der Waals surface area contributed by atoms with Gasteiger partial charge in [0.15, 0.2) is 5.76 Å². The third-order valence-electron chi connectivity index (χ3n) is 7.02. The molecule has 0 radical (unpaired) electrons. The number of hydrogen-bond donors (Lipinski definition) is 2. The van der Waals surface area contributed by atoms with Crippen LogP contribution in [0.25, 0.3) is 5.70 Å². The maximum absolute atomic E-state index is 13.6. The fourth-order valence-corrected chi connectivity index (χ4v) is 5.36. The van der Waals surface area contributed by atoms with Crippen molar-refractivity contribution in [1.82, 2.24) is 9.80 Å². The van der Waals surface area contributed by atoms with Crippen LogP contribution in [0.3, 0.4) is 0 Å². The number of benzene rings is 1. The maximum Gasteiger partial charge on any atom is 0.393 e. The Kier molecular flexibility index (Phi) is 8.13. The molecule has 2 unspecified atom stereocenters. The third kappa shape index (κ3) is 6.46. The number of halogens is 7. The lowest BCUT2D eigenvalue weighted by molar-refractivity contribution is -0.226. The number of rotatable bonds is 6. The van der Waals surface area contributed by atoms with Crippen molar-refractivity contribution < 1.29 is 40.7 Å². The fraction of sp³-hybridized carbons (Fsp3) is 0.423. The van der Waals surface area contributed by atoms with E-state index < -0.39 is 61.8 Å². The van der Waals surface area contributed by atoms with Gasteiger partial charge in [-0.15, -0.1) is 0 Å². The van der Waals surface area contributed by atoms with E-state index in [4.69, 9.17) is 4.42 Å². The van der Waals surface area contributed by atoms with Crippen LogP contribution in [0.5, 0.6) is 0 Å². The first-order chi connectivity index (χ1) is 18.1. The van der Waals surface area contributed by atoms with Gasteiger partial charge in [-0.3, -0.25) is 4.79 Å². The molecule has 0 aliphatic carbocycles. The number of alkyl halides is 6. The minimum atomic E-state index is -4.80. The second-order valence-corrected chi connectivity index (χ2v) is 10.7. The van der Waals surface area contributed by atoms with Gasteiger partial charge in [-0.25, -0.2) is 0 Å². The summed E-state index contributed by atoms with van der Waals surface area (Å²) in [5, 5.41) is 13.3. The molecule has 2 fully saturated rings. The van der Waals surface area contributed by atoms with Gasteiger partial charge >= 0.3 is 12.4 Å². The number of anilines is 1. The highest BCUT2D eigenvalue weighted by atomic mass is 79.9. The Labute approximate surface area is 229 Å². The van der Waals surface area contributed by atoms with E-state index >= 15 is 0 Å². The normalized spacial score (nSPS) is 24.1. The van der Waals surface area contributed by atoms with Crippen molar-refractivity contribution in [2.45, 2.75) is 37.3 Å². The molecule has 2 aromatic rings. The van der Waals surface area contributed by atoms with Crippen molar-refractivity contribution in [1.29, 1.82) is 0 Å². The number of piperidine rings is 1. The van der Waals surface area contributed by atoms with Crippen molar-refractivity contribution in [3.05, 3.63) is 71.2 Å². The third-order valence-corrected chi connectivity index (χ3v) is 7.51. The molecule has 6 nitrogen and oxygen atoms in total. The minimum Gasteiger partial charge on any atom is -0.459 e. The van der Waals surface area contributed by atoms with Crippen LogP contribution in [0, 0.1) is 11.8 Å². The second kappa shape index (κ2) is 10.9. The number of aliphatic hydroxyl groups excluding tert-OH is 1. The van der Waals surface area contributed by atoms with Crippen molar-refractivity contribution in [2.75, 3.05) is 25.0 Å². The number of carbonyl (C=O) groups is 1. The number of furan rings is 1. The Hall–Kier alpha value is -2.93. The summed E-state index contributed by atoms with van der Waals surface area (Å²) in [7, 11) is 0. The summed E-state index contributed by atoms with van der Waals surface area (Å²) < 4.78 is 87.0. The van der Waals surface area contributed by atoms with Crippen molar-refractivity contribution in [3.8, 4) is 0 Å². The van der Waals surface area contributed by atoms with E-state index in [1.165, 1.54) is 23.3 Å². The van der Waals surface area contributed by atoms with Crippen LogP contribution in [0.4, 0.5) is 32.0 Å². The zero-order valence-corrected chi connectivity index (χ0v) is 22.1. The molecule has 0 spiro atoms. The molecule has 2 N–H and O–H groups in total. The lowest BCUT2D eigenvalue weighted by atomic mass is 9.87. The predicted molar refractivity (Wildman–Crippen MR) is 135 cm³/mol. The Morgan fingerprint density at radius 3 is 2.23 bits per heavy atom. The molecule has 1 aromatic heterocycles. The van der Waals surface area contributed by atoms with E-state index in [1.54, 1.807) is 18.2 Å². The fourth-order valence-electron chi connectivity index (χ4n) is 5.00. The molecule has 0 saturated carbocycles. The number of likely N-dealkylation sites (tertiary alicyclic amines) is 2. The number of nitrogens with one attached hydrogen (secondary N) is 1. The summed E-state index contributed by atoms with van der Waals surface area (Å²) in [4.78, 5) is 15.3. The van der Waals surface area contributed by atoms with Crippen LogP contribution in [-0.2, 0) is 0 Å². The van der Waals surface area contributed by atoms with Gasteiger partial charge in [0.25, 0.3) is 5.91 Å². The van der Waals surface area contributed by atoms with Crippen molar-refractivity contribution >= 4 is 33.2 Å². The van der Waals surface area contributed by atoms with Gasteiger partial charge in [0, 0.05) is 53.2 Å².